The number of benzene rings is 1. The van der Waals surface area contributed by atoms with Crippen LogP contribution in [-0.4, -0.2) is 14.7 Å². The average molecular weight is 330 g/mol. The van der Waals surface area contributed by atoms with Crippen molar-refractivity contribution >= 4 is 38.5 Å². The SMILES string of the molecule is CCc1ccc(CNc2cc(S(C)(=O)=O)ccc2Cl)s1. The summed E-state index contributed by atoms with van der Waals surface area (Å²) >= 11 is 7.83. The summed E-state index contributed by atoms with van der Waals surface area (Å²) < 4.78 is 23.1. The van der Waals surface area contributed by atoms with Gasteiger partial charge in [0.15, 0.2) is 9.84 Å². The molecule has 0 aliphatic heterocycles. The second-order valence-corrected chi connectivity index (χ2v) is 8.16. The summed E-state index contributed by atoms with van der Waals surface area (Å²) in [6.45, 7) is 2.76. The third-order valence-electron chi connectivity index (χ3n) is 2.88. The van der Waals surface area contributed by atoms with Gasteiger partial charge in [-0.15, -0.1) is 11.3 Å². The lowest BCUT2D eigenvalue weighted by Crippen LogP contribution is -2.02. The van der Waals surface area contributed by atoms with Crippen LogP contribution in [-0.2, 0) is 22.8 Å². The Morgan fingerprint density at radius 1 is 1.20 bits per heavy atom. The van der Waals surface area contributed by atoms with Gasteiger partial charge in [0.05, 0.1) is 15.6 Å². The molecule has 0 atom stereocenters. The van der Waals surface area contributed by atoms with E-state index in [2.05, 4.69) is 24.4 Å². The first kappa shape index (κ1) is 15.4. The second kappa shape index (κ2) is 6.16. The third kappa shape index (κ3) is 3.75. The molecule has 1 aromatic heterocycles. The number of anilines is 1. The van der Waals surface area contributed by atoms with Gasteiger partial charge in [0.1, 0.15) is 0 Å². The Bertz CT molecular complexity index is 708. The van der Waals surface area contributed by atoms with Gasteiger partial charge in [-0.25, -0.2) is 8.42 Å². The molecule has 0 amide bonds. The number of sulfone groups is 1. The van der Waals surface area contributed by atoms with Crippen molar-refractivity contribution in [2.45, 2.75) is 24.8 Å². The van der Waals surface area contributed by atoms with Gasteiger partial charge in [-0.2, -0.15) is 0 Å². The molecule has 3 nitrogen and oxygen atoms in total. The standard InChI is InChI=1S/C14H16ClNO2S2/c1-3-10-4-5-11(19-10)9-16-14-8-12(20(2,17)18)6-7-13(14)15/h4-8,16H,3,9H2,1-2H3. The summed E-state index contributed by atoms with van der Waals surface area (Å²) in [5.74, 6) is 0. The van der Waals surface area contributed by atoms with Crippen LogP contribution in [0.15, 0.2) is 35.2 Å². The number of hydrogen-bond acceptors (Lipinski definition) is 4. The number of thiophene rings is 1. The molecule has 0 radical (unpaired) electrons. The first-order valence-corrected chi connectivity index (χ1v) is 9.30. The maximum Gasteiger partial charge on any atom is 0.175 e. The van der Waals surface area contributed by atoms with Gasteiger partial charge in [-0.1, -0.05) is 18.5 Å². The molecule has 2 aromatic rings. The molecular formula is C14H16ClNO2S2. The fourth-order valence-electron chi connectivity index (χ4n) is 1.76. The van der Waals surface area contributed by atoms with E-state index in [1.54, 1.807) is 23.5 Å². The van der Waals surface area contributed by atoms with E-state index in [0.29, 0.717) is 17.3 Å². The molecule has 1 N–H and O–H groups in total. The minimum atomic E-state index is -3.22. The fraction of sp³-hybridized carbons (Fsp3) is 0.286. The van der Waals surface area contributed by atoms with E-state index < -0.39 is 9.84 Å². The van der Waals surface area contributed by atoms with Crippen LogP contribution < -0.4 is 5.32 Å². The molecule has 1 aromatic carbocycles. The van der Waals surface area contributed by atoms with Crippen LogP contribution in [0, 0.1) is 0 Å². The highest BCUT2D eigenvalue weighted by atomic mass is 35.5. The van der Waals surface area contributed by atoms with E-state index >= 15 is 0 Å². The molecule has 1 heterocycles. The lowest BCUT2D eigenvalue weighted by atomic mass is 10.3. The molecule has 0 bridgehead atoms. The second-order valence-electron chi connectivity index (χ2n) is 4.49. The summed E-state index contributed by atoms with van der Waals surface area (Å²) in [4.78, 5) is 2.80. The van der Waals surface area contributed by atoms with Crippen LogP contribution in [0.2, 0.25) is 5.02 Å². The van der Waals surface area contributed by atoms with Crippen molar-refractivity contribution < 1.29 is 8.42 Å². The van der Waals surface area contributed by atoms with Crippen molar-refractivity contribution in [3.63, 3.8) is 0 Å². The van der Waals surface area contributed by atoms with Gasteiger partial charge < -0.3 is 5.32 Å². The molecule has 0 spiro atoms. The number of halogens is 1. The molecule has 0 saturated heterocycles. The fourth-order valence-corrected chi connectivity index (χ4v) is 3.49. The van der Waals surface area contributed by atoms with Crippen molar-refractivity contribution in [1.82, 2.24) is 0 Å². The Morgan fingerprint density at radius 3 is 2.50 bits per heavy atom. The number of aryl methyl sites for hydroxylation is 1. The van der Waals surface area contributed by atoms with E-state index in [-0.39, 0.29) is 4.90 Å². The Kier molecular flexibility index (Phi) is 4.73. The third-order valence-corrected chi connectivity index (χ3v) is 5.55. The minimum Gasteiger partial charge on any atom is -0.379 e. The molecule has 6 heteroatoms. The first-order valence-electron chi connectivity index (χ1n) is 6.21. The van der Waals surface area contributed by atoms with Gasteiger partial charge in [-0.3, -0.25) is 0 Å². The molecule has 108 valence electrons. The quantitative estimate of drug-likeness (QED) is 0.902. The Balaban J connectivity index is 2.16. The highest BCUT2D eigenvalue weighted by Crippen LogP contribution is 2.26. The predicted molar refractivity (Wildman–Crippen MR) is 85.6 cm³/mol. The van der Waals surface area contributed by atoms with Gasteiger partial charge in [-0.05, 0) is 36.8 Å². The summed E-state index contributed by atoms with van der Waals surface area (Å²) in [5.41, 5.74) is 0.640. The highest BCUT2D eigenvalue weighted by molar-refractivity contribution is 7.90. The molecule has 20 heavy (non-hydrogen) atoms. The molecule has 0 aliphatic carbocycles. The zero-order valence-electron chi connectivity index (χ0n) is 11.3. The van der Waals surface area contributed by atoms with Gasteiger partial charge >= 0.3 is 0 Å². The van der Waals surface area contributed by atoms with Crippen molar-refractivity contribution in [3.05, 3.63) is 45.1 Å². The normalized spacial score (nSPS) is 11.6. The van der Waals surface area contributed by atoms with E-state index in [4.69, 9.17) is 11.6 Å². The van der Waals surface area contributed by atoms with E-state index in [1.165, 1.54) is 22.1 Å². The number of hydrogen-bond donors (Lipinski definition) is 1. The molecule has 0 fully saturated rings. The largest absolute Gasteiger partial charge is 0.379 e. The van der Waals surface area contributed by atoms with Crippen molar-refractivity contribution in [3.8, 4) is 0 Å². The van der Waals surface area contributed by atoms with Crippen molar-refractivity contribution in [2.24, 2.45) is 0 Å². The summed E-state index contributed by atoms with van der Waals surface area (Å²) in [6.07, 6.45) is 2.21. The van der Waals surface area contributed by atoms with Crippen molar-refractivity contribution in [1.29, 1.82) is 0 Å². The van der Waals surface area contributed by atoms with Crippen LogP contribution in [0.4, 0.5) is 5.69 Å². The van der Waals surface area contributed by atoms with Gasteiger partial charge in [0.2, 0.25) is 0 Å². The predicted octanol–water partition coefficient (Wildman–Crippen LogP) is 3.98. The van der Waals surface area contributed by atoms with Crippen LogP contribution in [0.3, 0.4) is 0 Å². The lowest BCUT2D eigenvalue weighted by Gasteiger charge is -2.09. The Labute approximate surface area is 128 Å². The summed E-state index contributed by atoms with van der Waals surface area (Å²) in [7, 11) is -3.22. The zero-order valence-corrected chi connectivity index (χ0v) is 13.7. The van der Waals surface area contributed by atoms with Crippen LogP contribution in [0.25, 0.3) is 0 Å². The average Bonchev–Trinajstić information content (AvgIpc) is 2.84. The number of rotatable bonds is 5. The molecular weight excluding hydrogens is 314 g/mol. The van der Waals surface area contributed by atoms with Gasteiger partial charge in [0.25, 0.3) is 0 Å². The first-order chi connectivity index (χ1) is 9.40. The Hall–Kier alpha value is -1.04. The maximum atomic E-state index is 11.5. The smallest absolute Gasteiger partial charge is 0.175 e. The Morgan fingerprint density at radius 2 is 1.90 bits per heavy atom. The van der Waals surface area contributed by atoms with Crippen LogP contribution in [0.1, 0.15) is 16.7 Å². The van der Waals surface area contributed by atoms with Gasteiger partial charge in [0, 0.05) is 22.6 Å². The van der Waals surface area contributed by atoms with E-state index in [0.717, 1.165) is 6.42 Å². The van der Waals surface area contributed by atoms with Crippen molar-refractivity contribution in [2.75, 3.05) is 11.6 Å². The summed E-state index contributed by atoms with van der Waals surface area (Å²) in [6, 6.07) is 8.88. The molecule has 0 saturated carbocycles. The minimum absolute atomic E-state index is 0.268. The van der Waals surface area contributed by atoms with Crippen LogP contribution >= 0.6 is 22.9 Å². The van der Waals surface area contributed by atoms with Crippen LogP contribution in [0.5, 0.6) is 0 Å². The monoisotopic (exact) mass is 329 g/mol. The molecule has 0 aliphatic rings. The van der Waals surface area contributed by atoms with E-state index in [9.17, 15) is 8.42 Å². The maximum absolute atomic E-state index is 11.5. The number of nitrogens with one attached hydrogen (secondary N) is 1. The lowest BCUT2D eigenvalue weighted by molar-refractivity contribution is 0.602. The molecule has 2 rings (SSSR count). The molecule has 0 unspecified atom stereocenters. The summed E-state index contributed by atoms with van der Waals surface area (Å²) in [5, 5.41) is 3.71. The zero-order chi connectivity index (χ0) is 14.8. The highest BCUT2D eigenvalue weighted by Gasteiger charge is 2.10. The topological polar surface area (TPSA) is 46.2 Å². The van der Waals surface area contributed by atoms with E-state index in [1.807, 2.05) is 0 Å².